The standard InChI is InChI=1S/C23H28FN5O/c1-2-3-18-12-19-21(27-16-10-6-15(25)7-11-16)20(13-26-22(19)28-18)23(30)29-17-8-4-14(24)5-9-17/h4-5,8-9,12-13,15-16H,2-3,6-7,10-11,25H2,1H3,(H,29,30)(H2,26,27,28)/t15-,16-. The lowest BCUT2D eigenvalue weighted by Crippen LogP contribution is -2.33. The van der Waals surface area contributed by atoms with Crippen molar-refractivity contribution in [1.82, 2.24) is 9.97 Å². The molecule has 0 unspecified atom stereocenters. The van der Waals surface area contributed by atoms with Gasteiger partial charge in [-0.05, 0) is 62.4 Å². The van der Waals surface area contributed by atoms with E-state index in [1.54, 1.807) is 18.3 Å². The molecule has 2 heterocycles. The van der Waals surface area contributed by atoms with Crippen molar-refractivity contribution in [3.8, 4) is 0 Å². The number of benzene rings is 1. The van der Waals surface area contributed by atoms with Gasteiger partial charge in [0.1, 0.15) is 11.5 Å². The lowest BCUT2D eigenvalue weighted by molar-refractivity contribution is 0.102. The average molecular weight is 410 g/mol. The number of H-pyrrole nitrogens is 1. The van der Waals surface area contributed by atoms with E-state index in [9.17, 15) is 9.18 Å². The van der Waals surface area contributed by atoms with Gasteiger partial charge in [0, 0.05) is 35.0 Å². The van der Waals surface area contributed by atoms with Crippen LogP contribution in [0.4, 0.5) is 15.8 Å². The zero-order chi connectivity index (χ0) is 21.1. The van der Waals surface area contributed by atoms with E-state index < -0.39 is 0 Å². The van der Waals surface area contributed by atoms with Crippen molar-refractivity contribution in [3.63, 3.8) is 0 Å². The maximum Gasteiger partial charge on any atom is 0.259 e. The molecule has 0 radical (unpaired) electrons. The third-order valence-electron chi connectivity index (χ3n) is 5.70. The summed E-state index contributed by atoms with van der Waals surface area (Å²) in [6, 6.07) is 8.34. The summed E-state index contributed by atoms with van der Waals surface area (Å²) in [5.74, 6) is -0.617. The molecule has 0 aliphatic heterocycles. The highest BCUT2D eigenvalue weighted by Crippen LogP contribution is 2.31. The van der Waals surface area contributed by atoms with Gasteiger partial charge < -0.3 is 21.4 Å². The average Bonchev–Trinajstić information content (AvgIpc) is 3.15. The molecule has 0 atom stereocenters. The first-order chi connectivity index (χ1) is 14.5. The second-order valence-electron chi connectivity index (χ2n) is 8.07. The monoisotopic (exact) mass is 409 g/mol. The Kier molecular flexibility index (Phi) is 5.99. The topological polar surface area (TPSA) is 95.8 Å². The van der Waals surface area contributed by atoms with Gasteiger partial charge in [0.15, 0.2) is 0 Å². The molecule has 1 aromatic carbocycles. The number of aromatic amines is 1. The molecule has 1 aliphatic rings. The van der Waals surface area contributed by atoms with Gasteiger partial charge in [0.2, 0.25) is 0 Å². The molecule has 2 aromatic heterocycles. The molecule has 0 spiro atoms. The molecule has 3 aromatic rings. The number of carbonyl (C=O) groups is 1. The molecule has 4 rings (SSSR count). The second kappa shape index (κ2) is 8.83. The number of hydrogen-bond donors (Lipinski definition) is 4. The number of carbonyl (C=O) groups excluding carboxylic acids is 1. The zero-order valence-electron chi connectivity index (χ0n) is 17.2. The Morgan fingerprint density at radius 1 is 1.23 bits per heavy atom. The smallest absolute Gasteiger partial charge is 0.259 e. The van der Waals surface area contributed by atoms with Crippen LogP contribution in [0, 0.1) is 5.82 Å². The number of nitrogens with two attached hydrogens (primary N) is 1. The first-order valence-electron chi connectivity index (χ1n) is 10.6. The van der Waals surface area contributed by atoms with Gasteiger partial charge in [0.05, 0.1) is 11.3 Å². The number of nitrogens with one attached hydrogen (secondary N) is 3. The number of amides is 1. The predicted octanol–water partition coefficient (Wildman–Crippen LogP) is 4.59. The molecule has 1 saturated carbocycles. The summed E-state index contributed by atoms with van der Waals surface area (Å²) in [6.45, 7) is 2.13. The number of halogens is 1. The van der Waals surface area contributed by atoms with Crippen molar-refractivity contribution in [3.05, 3.63) is 53.6 Å². The molecule has 0 saturated heterocycles. The molecule has 30 heavy (non-hydrogen) atoms. The quantitative estimate of drug-likeness (QED) is 0.479. The number of aromatic nitrogens is 2. The van der Waals surface area contributed by atoms with E-state index >= 15 is 0 Å². The third-order valence-corrected chi connectivity index (χ3v) is 5.70. The fourth-order valence-electron chi connectivity index (χ4n) is 4.06. The maximum absolute atomic E-state index is 13.2. The molecule has 1 amide bonds. The molecule has 6 nitrogen and oxygen atoms in total. The number of pyridine rings is 1. The summed E-state index contributed by atoms with van der Waals surface area (Å²) in [6.07, 6.45) is 7.42. The molecule has 1 fully saturated rings. The Morgan fingerprint density at radius 2 is 1.97 bits per heavy atom. The van der Waals surface area contributed by atoms with Gasteiger partial charge in [-0.1, -0.05) is 13.3 Å². The van der Waals surface area contributed by atoms with Crippen LogP contribution in [-0.2, 0) is 6.42 Å². The van der Waals surface area contributed by atoms with Gasteiger partial charge in [0.25, 0.3) is 5.91 Å². The number of nitrogens with zero attached hydrogens (tertiary/aromatic N) is 1. The minimum atomic E-state index is -0.343. The second-order valence-corrected chi connectivity index (χ2v) is 8.07. The molecule has 0 bridgehead atoms. The molecular weight excluding hydrogens is 381 g/mol. The van der Waals surface area contributed by atoms with E-state index in [2.05, 4.69) is 33.6 Å². The van der Waals surface area contributed by atoms with Crippen molar-refractivity contribution >= 4 is 28.3 Å². The van der Waals surface area contributed by atoms with Gasteiger partial charge >= 0.3 is 0 Å². The van der Waals surface area contributed by atoms with Crippen molar-refractivity contribution in [2.24, 2.45) is 5.73 Å². The third kappa shape index (κ3) is 4.46. The Bertz CT molecular complexity index is 1020. The number of fused-ring (bicyclic) bond motifs is 1. The summed E-state index contributed by atoms with van der Waals surface area (Å²) in [5, 5.41) is 7.38. The van der Waals surface area contributed by atoms with E-state index in [1.165, 1.54) is 12.1 Å². The molecular formula is C23H28FN5O. The van der Waals surface area contributed by atoms with Crippen LogP contribution in [0.3, 0.4) is 0 Å². The van der Waals surface area contributed by atoms with Crippen LogP contribution in [0.15, 0.2) is 36.5 Å². The lowest BCUT2D eigenvalue weighted by Gasteiger charge is -2.28. The normalized spacial score (nSPS) is 19.0. The van der Waals surface area contributed by atoms with E-state index in [4.69, 9.17) is 5.73 Å². The summed E-state index contributed by atoms with van der Waals surface area (Å²) in [7, 11) is 0. The Hall–Kier alpha value is -2.93. The van der Waals surface area contributed by atoms with Crippen molar-refractivity contribution in [2.45, 2.75) is 57.5 Å². The minimum absolute atomic E-state index is 0.255. The van der Waals surface area contributed by atoms with Crippen LogP contribution in [0.2, 0.25) is 0 Å². The fourth-order valence-corrected chi connectivity index (χ4v) is 4.06. The Morgan fingerprint density at radius 3 is 2.67 bits per heavy atom. The highest BCUT2D eigenvalue weighted by molar-refractivity contribution is 6.12. The Balaban J connectivity index is 1.67. The molecule has 5 N–H and O–H groups in total. The van der Waals surface area contributed by atoms with Crippen LogP contribution in [-0.4, -0.2) is 28.0 Å². The lowest BCUT2D eigenvalue weighted by atomic mass is 9.91. The number of anilines is 2. The summed E-state index contributed by atoms with van der Waals surface area (Å²) in [4.78, 5) is 20.9. The number of aryl methyl sites for hydroxylation is 1. The van der Waals surface area contributed by atoms with E-state index in [0.717, 1.165) is 60.9 Å². The van der Waals surface area contributed by atoms with Crippen molar-refractivity contribution in [1.29, 1.82) is 0 Å². The summed E-state index contributed by atoms with van der Waals surface area (Å²) < 4.78 is 13.2. The number of hydrogen-bond acceptors (Lipinski definition) is 4. The molecule has 7 heteroatoms. The SMILES string of the molecule is CCCc1cc2c(N[C@H]3CC[C@H](N)CC3)c(C(=O)Nc3ccc(F)cc3)cnc2[nH]1. The van der Waals surface area contributed by atoms with Gasteiger partial charge in [-0.25, -0.2) is 9.37 Å². The summed E-state index contributed by atoms with van der Waals surface area (Å²) >= 11 is 0. The highest BCUT2D eigenvalue weighted by atomic mass is 19.1. The van der Waals surface area contributed by atoms with Crippen LogP contribution in [0.1, 0.15) is 55.1 Å². The first-order valence-corrected chi connectivity index (χ1v) is 10.6. The van der Waals surface area contributed by atoms with E-state index in [1.807, 2.05) is 0 Å². The van der Waals surface area contributed by atoms with E-state index in [-0.39, 0.29) is 23.8 Å². The van der Waals surface area contributed by atoms with Gasteiger partial charge in [-0.3, -0.25) is 4.79 Å². The Labute approximate surface area is 175 Å². The zero-order valence-corrected chi connectivity index (χ0v) is 17.2. The van der Waals surface area contributed by atoms with Crippen LogP contribution in [0.5, 0.6) is 0 Å². The molecule has 1 aliphatic carbocycles. The summed E-state index contributed by atoms with van der Waals surface area (Å²) in [5.41, 5.74) is 9.74. The van der Waals surface area contributed by atoms with E-state index in [0.29, 0.717) is 11.3 Å². The number of rotatable bonds is 6. The van der Waals surface area contributed by atoms with Gasteiger partial charge in [-0.15, -0.1) is 0 Å². The maximum atomic E-state index is 13.2. The van der Waals surface area contributed by atoms with Crippen LogP contribution < -0.4 is 16.4 Å². The van der Waals surface area contributed by atoms with Crippen molar-refractivity contribution in [2.75, 3.05) is 10.6 Å². The highest BCUT2D eigenvalue weighted by Gasteiger charge is 2.23. The first kappa shape index (κ1) is 20.3. The van der Waals surface area contributed by atoms with Crippen LogP contribution in [0.25, 0.3) is 11.0 Å². The van der Waals surface area contributed by atoms with Crippen molar-refractivity contribution < 1.29 is 9.18 Å². The minimum Gasteiger partial charge on any atom is -0.381 e. The van der Waals surface area contributed by atoms with Crippen LogP contribution >= 0.6 is 0 Å². The fraction of sp³-hybridized carbons (Fsp3) is 0.391. The largest absolute Gasteiger partial charge is 0.381 e. The van der Waals surface area contributed by atoms with Gasteiger partial charge in [-0.2, -0.15) is 0 Å². The molecule has 158 valence electrons. The predicted molar refractivity (Wildman–Crippen MR) is 118 cm³/mol.